The Morgan fingerprint density at radius 3 is 2.27 bits per heavy atom. The summed E-state index contributed by atoms with van der Waals surface area (Å²) in [6.07, 6.45) is -0.310. The van der Waals surface area contributed by atoms with Gasteiger partial charge in [-0.05, 0) is 38.6 Å². The van der Waals surface area contributed by atoms with Crippen LogP contribution in [0.4, 0.5) is 0 Å². The van der Waals surface area contributed by atoms with E-state index in [-0.39, 0.29) is 18.9 Å². The van der Waals surface area contributed by atoms with E-state index in [2.05, 4.69) is 18.7 Å². The fourth-order valence-electron chi connectivity index (χ4n) is 1.69. The lowest BCUT2D eigenvalue weighted by Crippen LogP contribution is -2.36. The van der Waals surface area contributed by atoms with Gasteiger partial charge in [0.05, 0.1) is 6.42 Å². The third kappa shape index (κ3) is 8.64. The minimum atomic E-state index is -0.535. The van der Waals surface area contributed by atoms with Crippen molar-refractivity contribution >= 4 is 5.91 Å². The zero-order chi connectivity index (χ0) is 17.1. The molecule has 0 fully saturated rings. The highest BCUT2D eigenvalue weighted by Gasteiger charge is 2.11. The zero-order valence-corrected chi connectivity index (χ0v) is 14.4. The normalized spacial score (nSPS) is 11.8. The predicted molar refractivity (Wildman–Crippen MR) is 90.0 cm³/mol. The van der Waals surface area contributed by atoms with Gasteiger partial charge in [-0.2, -0.15) is 0 Å². The average Bonchev–Trinajstić information content (AvgIpc) is 2.48. The van der Waals surface area contributed by atoms with E-state index in [4.69, 9.17) is 10.5 Å². The minimum absolute atomic E-state index is 0.224. The van der Waals surface area contributed by atoms with Crippen LogP contribution in [0.1, 0.15) is 33.3 Å². The van der Waals surface area contributed by atoms with Gasteiger partial charge in [-0.15, -0.1) is 0 Å². The SMILES string of the molecule is CC.CC(C)N(C)CC(O)COc1ccc(CC(N)=O)cc1. The van der Waals surface area contributed by atoms with E-state index in [0.29, 0.717) is 18.3 Å². The maximum absolute atomic E-state index is 10.8. The van der Waals surface area contributed by atoms with Crippen molar-refractivity contribution in [3.8, 4) is 5.75 Å². The number of hydrogen-bond acceptors (Lipinski definition) is 4. The summed E-state index contributed by atoms with van der Waals surface area (Å²) in [4.78, 5) is 12.8. The quantitative estimate of drug-likeness (QED) is 0.768. The smallest absolute Gasteiger partial charge is 0.221 e. The fourth-order valence-corrected chi connectivity index (χ4v) is 1.69. The molecule has 0 heterocycles. The number of nitrogens with zero attached hydrogens (tertiary/aromatic N) is 1. The predicted octanol–water partition coefficient (Wildman–Crippen LogP) is 1.82. The number of rotatable bonds is 8. The first-order valence-corrected chi connectivity index (χ1v) is 7.77. The molecule has 0 saturated heterocycles. The van der Waals surface area contributed by atoms with E-state index in [1.165, 1.54) is 0 Å². The Labute approximate surface area is 134 Å². The van der Waals surface area contributed by atoms with E-state index >= 15 is 0 Å². The third-order valence-corrected chi connectivity index (χ3v) is 3.12. The van der Waals surface area contributed by atoms with Crippen molar-refractivity contribution in [2.75, 3.05) is 20.2 Å². The maximum Gasteiger partial charge on any atom is 0.221 e. The van der Waals surface area contributed by atoms with Crippen molar-refractivity contribution in [2.45, 2.75) is 46.3 Å². The molecule has 0 radical (unpaired) electrons. The van der Waals surface area contributed by atoms with Crippen LogP contribution in [0.25, 0.3) is 0 Å². The highest BCUT2D eigenvalue weighted by atomic mass is 16.5. The molecule has 0 aliphatic heterocycles. The van der Waals surface area contributed by atoms with Crippen LogP contribution in [0.3, 0.4) is 0 Å². The number of aliphatic hydroxyl groups excluding tert-OH is 1. The van der Waals surface area contributed by atoms with E-state index in [9.17, 15) is 9.90 Å². The monoisotopic (exact) mass is 310 g/mol. The van der Waals surface area contributed by atoms with Crippen molar-refractivity contribution in [1.29, 1.82) is 0 Å². The van der Waals surface area contributed by atoms with Gasteiger partial charge in [0.15, 0.2) is 0 Å². The first-order chi connectivity index (χ1) is 10.4. The number of aliphatic hydroxyl groups is 1. The summed E-state index contributed by atoms with van der Waals surface area (Å²) in [5, 5.41) is 9.88. The molecule has 22 heavy (non-hydrogen) atoms. The average molecular weight is 310 g/mol. The zero-order valence-electron chi connectivity index (χ0n) is 14.4. The van der Waals surface area contributed by atoms with Crippen molar-refractivity contribution in [3.05, 3.63) is 29.8 Å². The summed E-state index contributed by atoms with van der Waals surface area (Å²) in [6, 6.07) is 7.53. The molecule has 0 aromatic heterocycles. The Morgan fingerprint density at radius 1 is 1.27 bits per heavy atom. The first kappa shape index (κ1) is 20.4. The molecule has 1 aromatic carbocycles. The molecule has 3 N–H and O–H groups in total. The Bertz CT molecular complexity index is 418. The number of ether oxygens (including phenoxy) is 1. The highest BCUT2D eigenvalue weighted by Crippen LogP contribution is 2.13. The van der Waals surface area contributed by atoms with Crippen LogP contribution >= 0.6 is 0 Å². The van der Waals surface area contributed by atoms with Gasteiger partial charge in [0.25, 0.3) is 0 Å². The van der Waals surface area contributed by atoms with Crippen LogP contribution in [0.2, 0.25) is 0 Å². The summed E-state index contributed by atoms with van der Waals surface area (Å²) >= 11 is 0. The molecule has 0 saturated carbocycles. The molecule has 1 amide bonds. The maximum atomic E-state index is 10.8. The molecule has 1 rings (SSSR count). The number of benzene rings is 1. The number of likely N-dealkylation sites (N-methyl/N-ethyl adjacent to an activating group) is 1. The lowest BCUT2D eigenvalue weighted by molar-refractivity contribution is -0.117. The lowest BCUT2D eigenvalue weighted by Gasteiger charge is -2.24. The fraction of sp³-hybridized carbons (Fsp3) is 0.588. The van der Waals surface area contributed by atoms with Crippen molar-refractivity contribution in [3.63, 3.8) is 0 Å². The van der Waals surface area contributed by atoms with Gasteiger partial charge in [0.1, 0.15) is 18.5 Å². The second-order valence-electron chi connectivity index (χ2n) is 5.29. The molecular formula is C17H30N2O3. The first-order valence-electron chi connectivity index (χ1n) is 7.77. The lowest BCUT2D eigenvalue weighted by atomic mass is 10.1. The molecular weight excluding hydrogens is 280 g/mol. The van der Waals surface area contributed by atoms with Crippen LogP contribution in [-0.2, 0) is 11.2 Å². The second kappa shape index (κ2) is 11.0. The molecule has 1 unspecified atom stereocenters. The van der Waals surface area contributed by atoms with Crippen LogP contribution in [0.15, 0.2) is 24.3 Å². The van der Waals surface area contributed by atoms with Gasteiger partial charge >= 0.3 is 0 Å². The summed E-state index contributed by atoms with van der Waals surface area (Å²) in [5.74, 6) is 0.315. The van der Waals surface area contributed by atoms with Crippen molar-refractivity contribution in [2.24, 2.45) is 5.73 Å². The largest absolute Gasteiger partial charge is 0.491 e. The minimum Gasteiger partial charge on any atom is -0.491 e. The van der Waals surface area contributed by atoms with Crippen LogP contribution in [-0.4, -0.2) is 48.3 Å². The number of primary amides is 1. The van der Waals surface area contributed by atoms with Gasteiger partial charge < -0.3 is 20.5 Å². The molecule has 0 aliphatic rings. The second-order valence-corrected chi connectivity index (χ2v) is 5.29. The standard InChI is InChI=1S/C15H24N2O3.C2H6/c1-11(2)17(3)9-13(18)10-20-14-6-4-12(5-7-14)8-15(16)19;1-2/h4-7,11,13,18H,8-10H2,1-3H3,(H2,16,19);1-2H3. The van der Waals surface area contributed by atoms with E-state index in [1.54, 1.807) is 24.3 Å². The van der Waals surface area contributed by atoms with Gasteiger partial charge in [-0.3, -0.25) is 4.79 Å². The molecule has 0 aliphatic carbocycles. The van der Waals surface area contributed by atoms with E-state index in [1.807, 2.05) is 20.9 Å². The number of nitrogens with two attached hydrogens (primary N) is 1. The highest BCUT2D eigenvalue weighted by molar-refractivity contribution is 5.76. The third-order valence-electron chi connectivity index (χ3n) is 3.12. The molecule has 0 spiro atoms. The Kier molecular flexibility index (Phi) is 10.2. The topological polar surface area (TPSA) is 75.8 Å². The summed E-state index contributed by atoms with van der Waals surface area (Å²) in [5.41, 5.74) is 5.98. The molecule has 1 aromatic rings. The molecule has 5 nitrogen and oxygen atoms in total. The number of hydrogen-bond donors (Lipinski definition) is 2. The van der Waals surface area contributed by atoms with Gasteiger partial charge in [-0.1, -0.05) is 26.0 Å². The van der Waals surface area contributed by atoms with E-state index in [0.717, 1.165) is 5.56 Å². The Balaban J connectivity index is 0.00000211. The summed E-state index contributed by atoms with van der Waals surface area (Å²) < 4.78 is 5.52. The van der Waals surface area contributed by atoms with Crippen LogP contribution in [0, 0.1) is 0 Å². The number of amides is 1. The van der Waals surface area contributed by atoms with E-state index < -0.39 is 6.10 Å². The van der Waals surface area contributed by atoms with Gasteiger partial charge in [0.2, 0.25) is 5.91 Å². The Hall–Kier alpha value is -1.59. The Morgan fingerprint density at radius 2 is 1.82 bits per heavy atom. The number of carbonyl (C=O) groups excluding carboxylic acids is 1. The molecule has 1 atom stereocenters. The van der Waals surface area contributed by atoms with Crippen molar-refractivity contribution < 1.29 is 14.6 Å². The van der Waals surface area contributed by atoms with Crippen LogP contribution < -0.4 is 10.5 Å². The van der Waals surface area contributed by atoms with Crippen LogP contribution in [0.5, 0.6) is 5.75 Å². The summed E-state index contributed by atoms with van der Waals surface area (Å²) in [7, 11) is 1.96. The van der Waals surface area contributed by atoms with Gasteiger partial charge in [-0.25, -0.2) is 0 Å². The molecule has 5 heteroatoms. The summed E-state index contributed by atoms with van der Waals surface area (Å²) in [6.45, 7) is 8.96. The van der Waals surface area contributed by atoms with Gasteiger partial charge in [0, 0.05) is 12.6 Å². The molecule has 0 bridgehead atoms. The number of carbonyl (C=O) groups is 1. The van der Waals surface area contributed by atoms with Crippen molar-refractivity contribution in [1.82, 2.24) is 4.90 Å². The molecule has 126 valence electrons.